The topological polar surface area (TPSA) is 136 Å². The maximum atomic E-state index is 14.9. The SMILES string of the molecule is CNS(=O)(=O)Nc1nccc(Cc2c(C)c3cc(Cl)c(Oc4cccnn4)cc3oc2=O)c1F. The number of ether oxygens (including phenoxy) is 1. The molecule has 0 spiro atoms. The second-order valence-corrected chi connectivity index (χ2v) is 9.08. The van der Waals surface area contributed by atoms with E-state index in [2.05, 4.69) is 15.2 Å². The lowest BCUT2D eigenvalue weighted by Crippen LogP contribution is -2.27. The number of anilines is 1. The molecule has 0 saturated carbocycles. The van der Waals surface area contributed by atoms with Gasteiger partial charge in [0.2, 0.25) is 5.88 Å². The van der Waals surface area contributed by atoms with E-state index in [1.165, 1.54) is 31.6 Å². The first-order valence-electron chi connectivity index (χ1n) is 9.74. The summed E-state index contributed by atoms with van der Waals surface area (Å²) in [5.74, 6) is -0.988. The molecule has 34 heavy (non-hydrogen) atoms. The van der Waals surface area contributed by atoms with E-state index in [0.717, 1.165) is 0 Å². The van der Waals surface area contributed by atoms with E-state index in [-0.39, 0.29) is 39.8 Å². The molecule has 3 aromatic heterocycles. The van der Waals surface area contributed by atoms with E-state index >= 15 is 0 Å². The largest absolute Gasteiger partial charge is 0.436 e. The minimum Gasteiger partial charge on any atom is -0.436 e. The minimum absolute atomic E-state index is 0.0484. The quantitative estimate of drug-likeness (QED) is 0.365. The van der Waals surface area contributed by atoms with Crippen molar-refractivity contribution in [3.05, 3.63) is 80.7 Å². The number of pyridine rings is 1. The van der Waals surface area contributed by atoms with Gasteiger partial charge < -0.3 is 9.15 Å². The van der Waals surface area contributed by atoms with Crippen molar-refractivity contribution >= 4 is 38.6 Å². The number of rotatable bonds is 7. The summed E-state index contributed by atoms with van der Waals surface area (Å²) in [4.78, 5) is 16.5. The molecule has 0 amide bonds. The van der Waals surface area contributed by atoms with Crippen molar-refractivity contribution in [3.63, 3.8) is 0 Å². The van der Waals surface area contributed by atoms with Gasteiger partial charge in [0.05, 0.1) is 5.02 Å². The van der Waals surface area contributed by atoms with Gasteiger partial charge in [-0.25, -0.2) is 18.9 Å². The van der Waals surface area contributed by atoms with Crippen LogP contribution in [-0.4, -0.2) is 30.6 Å². The number of nitrogens with zero attached hydrogens (tertiary/aromatic N) is 3. The molecule has 0 atom stereocenters. The lowest BCUT2D eigenvalue weighted by molar-refractivity contribution is 0.454. The minimum atomic E-state index is -3.98. The van der Waals surface area contributed by atoms with Crippen molar-refractivity contribution in [2.24, 2.45) is 0 Å². The van der Waals surface area contributed by atoms with Crippen LogP contribution < -0.4 is 19.8 Å². The number of halogens is 2. The number of nitrogens with one attached hydrogen (secondary N) is 2. The highest BCUT2D eigenvalue weighted by molar-refractivity contribution is 7.90. The summed E-state index contributed by atoms with van der Waals surface area (Å²) in [7, 11) is -2.81. The lowest BCUT2D eigenvalue weighted by Gasteiger charge is -2.12. The fourth-order valence-corrected chi connectivity index (χ4v) is 3.89. The van der Waals surface area contributed by atoms with Crippen LogP contribution in [-0.2, 0) is 16.6 Å². The summed E-state index contributed by atoms with van der Waals surface area (Å²) in [6.07, 6.45) is 2.56. The third-order valence-electron chi connectivity index (χ3n) is 4.94. The molecule has 4 aromatic rings. The number of aromatic nitrogens is 3. The second-order valence-electron chi connectivity index (χ2n) is 7.05. The monoisotopic (exact) mass is 505 g/mol. The predicted molar refractivity (Wildman–Crippen MR) is 123 cm³/mol. The normalized spacial score (nSPS) is 11.5. The van der Waals surface area contributed by atoms with Gasteiger partial charge in [0.1, 0.15) is 5.58 Å². The Morgan fingerprint density at radius 3 is 2.74 bits per heavy atom. The Balaban J connectivity index is 1.72. The first-order chi connectivity index (χ1) is 16.2. The maximum absolute atomic E-state index is 14.9. The molecule has 0 aliphatic heterocycles. The molecular weight excluding hydrogens is 489 g/mol. The summed E-state index contributed by atoms with van der Waals surface area (Å²) in [6.45, 7) is 1.68. The van der Waals surface area contributed by atoms with Crippen molar-refractivity contribution in [2.75, 3.05) is 11.8 Å². The lowest BCUT2D eigenvalue weighted by atomic mass is 9.99. The molecular formula is C21H17ClFN5O5S. The van der Waals surface area contributed by atoms with Crippen LogP contribution in [0.3, 0.4) is 0 Å². The Morgan fingerprint density at radius 2 is 2.03 bits per heavy atom. The van der Waals surface area contributed by atoms with Gasteiger partial charge in [-0.15, -0.1) is 5.10 Å². The van der Waals surface area contributed by atoms with Crippen LogP contribution >= 0.6 is 11.6 Å². The smallest absolute Gasteiger partial charge is 0.340 e. The zero-order valence-electron chi connectivity index (χ0n) is 17.8. The Bertz CT molecular complexity index is 1550. The summed E-state index contributed by atoms with van der Waals surface area (Å²) < 4.78 is 53.4. The van der Waals surface area contributed by atoms with Crippen LogP contribution in [0.5, 0.6) is 11.6 Å². The third-order valence-corrected chi connectivity index (χ3v) is 6.23. The number of hydrogen-bond donors (Lipinski definition) is 2. The highest BCUT2D eigenvalue weighted by atomic mass is 35.5. The zero-order valence-corrected chi connectivity index (χ0v) is 19.4. The number of aryl methyl sites for hydroxylation is 1. The number of fused-ring (bicyclic) bond motifs is 1. The van der Waals surface area contributed by atoms with Gasteiger partial charge in [-0.3, -0.25) is 4.72 Å². The molecule has 4 rings (SSSR count). The molecule has 0 aliphatic carbocycles. The molecule has 176 valence electrons. The van der Waals surface area contributed by atoms with Crippen molar-refractivity contribution in [2.45, 2.75) is 13.3 Å². The summed E-state index contributed by atoms with van der Waals surface area (Å²) >= 11 is 6.37. The Labute approximate surface area is 197 Å². The molecule has 0 aliphatic rings. The van der Waals surface area contributed by atoms with Crippen molar-refractivity contribution in [3.8, 4) is 11.6 Å². The van der Waals surface area contributed by atoms with Gasteiger partial charge in [0.15, 0.2) is 17.4 Å². The molecule has 0 unspecified atom stereocenters. The van der Waals surface area contributed by atoms with Gasteiger partial charge in [-0.2, -0.15) is 13.5 Å². The van der Waals surface area contributed by atoms with E-state index in [1.54, 1.807) is 25.1 Å². The van der Waals surface area contributed by atoms with Crippen LogP contribution in [0, 0.1) is 12.7 Å². The van der Waals surface area contributed by atoms with Crippen LogP contribution in [0.4, 0.5) is 10.2 Å². The average Bonchev–Trinajstić information content (AvgIpc) is 2.81. The fraction of sp³-hybridized carbons (Fsp3) is 0.143. The van der Waals surface area contributed by atoms with Crippen molar-refractivity contribution in [1.82, 2.24) is 19.9 Å². The average molecular weight is 506 g/mol. The molecule has 0 fully saturated rings. The maximum Gasteiger partial charge on any atom is 0.340 e. The van der Waals surface area contributed by atoms with Gasteiger partial charge >= 0.3 is 5.63 Å². The summed E-state index contributed by atoms with van der Waals surface area (Å²) in [5, 5.41) is 8.31. The molecule has 0 saturated heterocycles. The third kappa shape index (κ3) is 4.83. The second kappa shape index (κ2) is 9.33. The molecule has 3 heterocycles. The summed E-state index contributed by atoms with van der Waals surface area (Å²) in [5.41, 5.74) is 0.275. The van der Waals surface area contributed by atoms with E-state index in [0.29, 0.717) is 10.9 Å². The molecule has 1 aromatic carbocycles. The van der Waals surface area contributed by atoms with Gasteiger partial charge in [-0.05, 0) is 36.2 Å². The van der Waals surface area contributed by atoms with Gasteiger partial charge in [-0.1, -0.05) is 11.6 Å². The highest BCUT2D eigenvalue weighted by Crippen LogP contribution is 2.34. The molecule has 13 heteroatoms. The van der Waals surface area contributed by atoms with E-state index in [4.69, 9.17) is 20.8 Å². The standard InChI is InChI=1S/C21H17ClFN5O5S/c1-11-13-9-15(22)17(32-18-4-3-6-26-27-18)10-16(13)33-21(29)14(11)8-12-5-7-25-20(19(12)23)28-34(30,31)24-2/h3-7,9-10,24H,8H2,1-2H3,(H,25,28). The fourth-order valence-electron chi connectivity index (χ4n) is 3.19. The molecule has 0 bridgehead atoms. The molecule has 0 radical (unpaired) electrons. The van der Waals surface area contributed by atoms with Crippen molar-refractivity contribution < 1.29 is 22.0 Å². The van der Waals surface area contributed by atoms with E-state index < -0.39 is 27.5 Å². The van der Waals surface area contributed by atoms with Crippen LogP contribution in [0.25, 0.3) is 11.0 Å². The molecule has 10 nitrogen and oxygen atoms in total. The first kappa shape index (κ1) is 23.5. The van der Waals surface area contributed by atoms with Crippen LogP contribution in [0.15, 0.2) is 51.9 Å². The first-order valence-corrected chi connectivity index (χ1v) is 11.6. The Hall–Kier alpha value is -3.61. The zero-order chi connectivity index (χ0) is 24.5. The summed E-state index contributed by atoms with van der Waals surface area (Å²) in [6, 6.07) is 7.61. The van der Waals surface area contributed by atoms with Crippen molar-refractivity contribution in [1.29, 1.82) is 0 Å². The van der Waals surface area contributed by atoms with Crippen LogP contribution in [0.1, 0.15) is 16.7 Å². The Kier molecular flexibility index (Phi) is 6.46. The van der Waals surface area contributed by atoms with Crippen LogP contribution in [0.2, 0.25) is 5.02 Å². The number of hydrogen-bond acceptors (Lipinski definition) is 8. The highest BCUT2D eigenvalue weighted by Gasteiger charge is 2.19. The van der Waals surface area contributed by atoms with E-state index in [1.807, 2.05) is 9.44 Å². The van der Waals surface area contributed by atoms with Gasteiger partial charge in [0, 0.05) is 48.9 Å². The Morgan fingerprint density at radius 1 is 1.24 bits per heavy atom. The van der Waals surface area contributed by atoms with Gasteiger partial charge in [0.25, 0.3) is 10.2 Å². The van der Waals surface area contributed by atoms with E-state index in [9.17, 15) is 17.6 Å². The molecule has 2 N–H and O–H groups in total. The predicted octanol–water partition coefficient (Wildman–Crippen LogP) is 3.34. The number of benzene rings is 1.